The second-order valence-electron chi connectivity index (χ2n) is 12.8. The molecular weight excluding hydrogens is 511 g/mol. The van der Waals surface area contributed by atoms with Crippen LogP contribution in [0.2, 0.25) is 0 Å². The van der Waals surface area contributed by atoms with Crippen LogP contribution in [0.15, 0.2) is 0 Å². The maximum Gasteiger partial charge on any atom is 0.328 e. The molecule has 40 heavy (non-hydrogen) atoms. The van der Waals surface area contributed by atoms with Crippen molar-refractivity contribution in [1.29, 1.82) is 0 Å². The summed E-state index contributed by atoms with van der Waals surface area (Å²) in [6.45, 7) is 5.02. The Hall–Kier alpha value is 0.150. The third-order valence-corrected chi connectivity index (χ3v) is 10.1. The molecule has 0 spiro atoms. The lowest BCUT2D eigenvalue weighted by atomic mass is 10.0. The summed E-state index contributed by atoms with van der Waals surface area (Å²) in [5.41, 5.74) is 0. The minimum absolute atomic E-state index is 0.338. The van der Waals surface area contributed by atoms with Crippen LogP contribution >= 0.6 is 7.60 Å². The lowest BCUT2D eigenvalue weighted by molar-refractivity contribution is 0.251. The van der Waals surface area contributed by atoms with Crippen LogP contribution in [0, 0.1) is 0 Å². The summed E-state index contributed by atoms with van der Waals surface area (Å²) in [5, 5.41) is 0. The van der Waals surface area contributed by atoms with Crippen LogP contribution in [0.1, 0.15) is 219 Å². The van der Waals surface area contributed by atoms with E-state index in [1.807, 2.05) is 0 Å². The fourth-order valence-corrected chi connectivity index (χ4v) is 6.95. The Balaban J connectivity index is 3.27. The molecule has 0 aromatic heterocycles. The molecule has 242 valence electrons. The van der Waals surface area contributed by atoms with Gasteiger partial charge < -0.3 is 9.42 Å². The molecule has 0 bridgehead atoms. The molecule has 4 heteroatoms. The molecule has 0 aliphatic heterocycles. The summed E-state index contributed by atoms with van der Waals surface area (Å²) in [6, 6.07) is 0. The first-order chi connectivity index (χ1) is 19.6. The van der Waals surface area contributed by atoms with E-state index >= 15 is 0 Å². The standard InChI is InChI=1S/C36H75O3P/c1-3-5-7-9-11-13-15-17-19-21-23-25-27-29-31-33-35-39-40(37,38)36-34-32-30-28-26-24-22-20-18-16-14-12-10-8-6-4-2/h3-36H2,1-2H3,(H,37,38). The minimum Gasteiger partial charge on any atom is -0.324 e. The molecule has 0 aromatic rings. The van der Waals surface area contributed by atoms with Gasteiger partial charge in [0.2, 0.25) is 0 Å². The van der Waals surface area contributed by atoms with Crippen molar-refractivity contribution in [3.8, 4) is 0 Å². The zero-order valence-corrected chi connectivity index (χ0v) is 28.6. The Morgan fingerprint density at radius 2 is 0.600 bits per heavy atom. The quantitative estimate of drug-likeness (QED) is 0.0593. The Morgan fingerprint density at radius 3 is 0.875 bits per heavy atom. The Labute approximate surface area is 253 Å². The van der Waals surface area contributed by atoms with E-state index in [9.17, 15) is 9.46 Å². The van der Waals surface area contributed by atoms with Gasteiger partial charge in [-0.2, -0.15) is 0 Å². The third-order valence-electron chi connectivity index (χ3n) is 8.59. The number of hydrogen-bond acceptors (Lipinski definition) is 2. The summed E-state index contributed by atoms with van der Waals surface area (Å²) in [6.07, 6.45) is 42.9. The van der Waals surface area contributed by atoms with Crippen molar-refractivity contribution in [1.82, 2.24) is 0 Å². The van der Waals surface area contributed by atoms with Crippen LogP contribution < -0.4 is 0 Å². The molecule has 0 saturated carbocycles. The molecule has 1 unspecified atom stereocenters. The van der Waals surface area contributed by atoms with Crippen molar-refractivity contribution in [2.45, 2.75) is 219 Å². The third kappa shape index (κ3) is 34.4. The van der Waals surface area contributed by atoms with Crippen molar-refractivity contribution >= 4 is 7.60 Å². The molecule has 0 rings (SSSR count). The van der Waals surface area contributed by atoms with Gasteiger partial charge in [0.15, 0.2) is 0 Å². The van der Waals surface area contributed by atoms with Gasteiger partial charge in [-0.3, -0.25) is 4.57 Å². The predicted molar refractivity (Wildman–Crippen MR) is 180 cm³/mol. The van der Waals surface area contributed by atoms with E-state index in [1.54, 1.807) is 0 Å². The molecule has 1 N–H and O–H groups in total. The van der Waals surface area contributed by atoms with Crippen molar-refractivity contribution in [2.75, 3.05) is 12.8 Å². The molecule has 0 fully saturated rings. The van der Waals surface area contributed by atoms with E-state index < -0.39 is 7.60 Å². The molecule has 0 aliphatic carbocycles. The fraction of sp³-hybridized carbons (Fsp3) is 1.00. The summed E-state index contributed by atoms with van der Waals surface area (Å²) < 4.78 is 17.6. The van der Waals surface area contributed by atoms with E-state index in [-0.39, 0.29) is 0 Å². The van der Waals surface area contributed by atoms with Gasteiger partial charge in [0, 0.05) is 6.16 Å². The first-order valence-electron chi connectivity index (χ1n) is 18.6. The van der Waals surface area contributed by atoms with Crippen LogP contribution in [-0.4, -0.2) is 17.7 Å². The predicted octanol–water partition coefficient (Wildman–Crippen LogP) is 13.7. The summed E-state index contributed by atoms with van der Waals surface area (Å²) in [5.74, 6) is 0. The highest BCUT2D eigenvalue weighted by Crippen LogP contribution is 2.43. The highest BCUT2D eigenvalue weighted by atomic mass is 31.2. The number of unbranched alkanes of at least 4 members (excludes halogenated alkanes) is 30. The maximum absolute atomic E-state index is 12.3. The highest BCUT2D eigenvalue weighted by molar-refractivity contribution is 7.52. The zero-order valence-electron chi connectivity index (χ0n) is 27.8. The average Bonchev–Trinajstić information content (AvgIpc) is 2.94. The van der Waals surface area contributed by atoms with Gasteiger partial charge in [-0.25, -0.2) is 0 Å². The average molecular weight is 587 g/mol. The molecule has 1 atom stereocenters. The van der Waals surface area contributed by atoms with Gasteiger partial charge >= 0.3 is 7.60 Å². The van der Waals surface area contributed by atoms with E-state index in [2.05, 4.69) is 13.8 Å². The Kier molecular flexibility index (Phi) is 33.8. The normalized spacial score (nSPS) is 13.2. The lowest BCUT2D eigenvalue weighted by Gasteiger charge is -2.12. The number of hydrogen-bond donors (Lipinski definition) is 1. The first kappa shape index (κ1) is 40.1. The van der Waals surface area contributed by atoms with Gasteiger partial charge in [0.25, 0.3) is 0 Å². The first-order valence-corrected chi connectivity index (χ1v) is 20.3. The molecular formula is C36H75O3P. The van der Waals surface area contributed by atoms with Gasteiger partial charge in [0.05, 0.1) is 6.61 Å². The van der Waals surface area contributed by atoms with E-state index in [0.29, 0.717) is 12.8 Å². The molecule has 0 heterocycles. The van der Waals surface area contributed by atoms with Gasteiger partial charge in [-0.05, 0) is 12.8 Å². The van der Waals surface area contributed by atoms with Crippen molar-refractivity contribution < 1.29 is 14.0 Å². The van der Waals surface area contributed by atoms with Crippen molar-refractivity contribution in [3.63, 3.8) is 0 Å². The van der Waals surface area contributed by atoms with Crippen LogP contribution in [-0.2, 0) is 9.09 Å². The lowest BCUT2D eigenvalue weighted by Crippen LogP contribution is -1.97. The van der Waals surface area contributed by atoms with E-state index in [4.69, 9.17) is 4.52 Å². The zero-order chi connectivity index (χ0) is 29.2. The SMILES string of the molecule is CCCCCCCCCCCCCCCCCCOP(=O)(O)CCCCCCCCCCCCCCCCCC. The molecule has 3 nitrogen and oxygen atoms in total. The van der Waals surface area contributed by atoms with E-state index in [1.165, 1.54) is 180 Å². The van der Waals surface area contributed by atoms with Crippen molar-refractivity contribution in [3.05, 3.63) is 0 Å². The van der Waals surface area contributed by atoms with Crippen LogP contribution in [0.3, 0.4) is 0 Å². The van der Waals surface area contributed by atoms with Crippen LogP contribution in [0.25, 0.3) is 0 Å². The molecule has 0 amide bonds. The summed E-state index contributed by atoms with van der Waals surface area (Å²) in [4.78, 5) is 10.1. The van der Waals surface area contributed by atoms with Gasteiger partial charge in [0.1, 0.15) is 0 Å². The topological polar surface area (TPSA) is 46.5 Å². The van der Waals surface area contributed by atoms with E-state index in [0.717, 1.165) is 25.7 Å². The summed E-state index contributed by atoms with van der Waals surface area (Å²) >= 11 is 0. The van der Waals surface area contributed by atoms with Crippen LogP contribution in [0.4, 0.5) is 0 Å². The number of rotatable bonds is 35. The van der Waals surface area contributed by atoms with Crippen LogP contribution in [0.5, 0.6) is 0 Å². The van der Waals surface area contributed by atoms with Gasteiger partial charge in [-0.1, -0.05) is 206 Å². The Bertz CT molecular complexity index is 510. The molecule has 0 aliphatic rings. The fourth-order valence-electron chi connectivity index (χ4n) is 5.78. The summed E-state index contributed by atoms with van der Waals surface area (Å²) in [7, 11) is -3.37. The Morgan fingerprint density at radius 1 is 0.375 bits per heavy atom. The van der Waals surface area contributed by atoms with Gasteiger partial charge in [-0.15, -0.1) is 0 Å². The minimum atomic E-state index is -3.37. The second kappa shape index (κ2) is 33.6. The molecule has 0 saturated heterocycles. The second-order valence-corrected chi connectivity index (χ2v) is 14.8. The highest BCUT2D eigenvalue weighted by Gasteiger charge is 2.17. The molecule has 0 radical (unpaired) electrons. The maximum atomic E-state index is 12.3. The van der Waals surface area contributed by atoms with Crippen molar-refractivity contribution in [2.24, 2.45) is 0 Å². The smallest absolute Gasteiger partial charge is 0.324 e. The molecule has 0 aromatic carbocycles. The largest absolute Gasteiger partial charge is 0.328 e. The monoisotopic (exact) mass is 587 g/mol.